The van der Waals surface area contributed by atoms with Gasteiger partial charge in [0.25, 0.3) is 10.2 Å². The maximum absolute atomic E-state index is 11.3. The van der Waals surface area contributed by atoms with E-state index in [4.69, 9.17) is 5.73 Å². The van der Waals surface area contributed by atoms with E-state index in [1.54, 1.807) is 0 Å². The molecule has 0 saturated heterocycles. The van der Waals surface area contributed by atoms with E-state index in [0.29, 0.717) is 25.6 Å². The summed E-state index contributed by atoms with van der Waals surface area (Å²) >= 11 is 0. The normalized spacial score (nSPS) is 12.3. The fourth-order valence-corrected chi connectivity index (χ4v) is 2.05. The molecular weight excluding hydrogens is 214 g/mol. The number of unbranched alkanes of at least 4 members (excludes halogenated alkanes) is 2. The van der Waals surface area contributed by atoms with Gasteiger partial charge >= 0.3 is 0 Å². The number of hydrogen-bond donors (Lipinski definition) is 3. The Balaban J connectivity index is 3.56. The van der Waals surface area contributed by atoms with Crippen molar-refractivity contribution in [2.24, 2.45) is 11.7 Å². The molecule has 0 aliphatic carbocycles. The highest BCUT2D eigenvalue weighted by Gasteiger charge is 2.08. The summed E-state index contributed by atoms with van der Waals surface area (Å²) < 4.78 is 27.6. The molecule has 5 nitrogen and oxygen atoms in total. The molecule has 0 unspecified atom stereocenters. The van der Waals surface area contributed by atoms with Crippen molar-refractivity contribution < 1.29 is 8.42 Å². The summed E-state index contributed by atoms with van der Waals surface area (Å²) in [5, 5.41) is 0. The summed E-state index contributed by atoms with van der Waals surface area (Å²) in [5.41, 5.74) is 5.33. The third kappa shape index (κ3) is 10.1. The van der Waals surface area contributed by atoms with E-state index in [-0.39, 0.29) is 0 Å². The van der Waals surface area contributed by atoms with Crippen molar-refractivity contribution in [3.8, 4) is 0 Å². The van der Waals surface area contributed by atoms with Gasteiger partial charge in [-0.05, 0) is 25.3 Å². The Morgan fingerprint density at radius 2 is 1.80 bits per heavy atom. The standard InChI is InChI=1S/C9H23N3O2S/c1-9(2)8-12-15(13,14)11-7-5-3-4-6-10/h9,11-12H,3-8,10H2,1-2H3. The van der Waals surface area contributed by atoms with Gasteiger partial charge in [-0.1, -0.05) is 20.3 Å². The molecule has 0 atom stereocenters. The number of nitrogens with two attached hydrogens (primary N) is 1. The van der Waals surface area contributed by atoms with Gasteiger partial charge in [-0.3, -0.25) is 0 Å². The molecule has 0 aliphatic rings. The second-order valence-electron chi connectivity index (χ2n) is 3.99. The van der Waals surface area contributed by atoms with Crippen molar-refractivity contribution in [1.29, 1.82) is 0 Å². The molecular formula is C9H23N3O2S. The molecule has 0 spiro atoms. The van der Waals surface area contributed by atoms with E-state index in [0.717, 1.165) is 19.3 Å². The van der Waals surface area contributed by atoms with Crippen molar-refractivity contribution in [2.45, 2.75) is 33.1 Å². The minimum absolute atomic E-state index is 0.318. The number of nitrogens with one attached hydrogen (secondary N) is 2. The summed E-state index contributed by atoms with van der Waals surface area (Å²) in [6, 6.07) is 0. The molecule has 92 valence electrons. The fourth-order valence-electron chi connectivity index (χ4n) is 0.980. The smallest absolute Gasteiger partial charge is 0.276 e. The Morgan fingerprint density at radius 3 is 2.33 bits per heavy atom. The third-order valence-electron chi connectivity index (χ3n) is 1.85. The lowest BCUT2D eigenvalue weighted by atomic mass is 10.2. The van der Waals surface area contributed by atoms with Crippen molar-refractivity contribution in [2.75, 3.05) is 19.6 Å². The first-order chi connectivity index (χ1) is 6.98. The summed E-state index contributed by atoms with van der Waals surface area (Å²) in [5.74, 6) is 0.318. The minimum atomic E-state index is -3.30. The van der Waals surface area contributed by atoms with Gasteiger partial charge in [0.05, 0.1) is 0 Å². The van der Waals surface area contributed by atoms with Crippen LogP contribution in [-0.4, -0.2) is 28.1 Å². The quantitative estimate of drug-likeness (QED) is 0.501. The van der Waals surface area contributed by atoms with Gasteiger partial charge in [0, 0.05) is 13.1 Å². The van der Waals surface area contributed by atoms with E-state index in [9.17, 15) is 8.42 Å². The predicted molar refractivity (Wildman–Crippen MR) is 62.7 cm³/mol. The third-order valence-corrected chi connectivity index (χ3v) is 2.99. The Kier molecular flexibility index (Phi) is 7.95. The van der Waals surface area contributed by atoms with E-state index in [1.807, 2.05) is 13.8 Å². The Morgan fingerprint density at radius 1 is 1.13 bits per heavy atom. The molecule has 15 heavy (non-hydrogen) atoms. The second kappa shape index (κ2) is 8.04. The fraction of sp³-hybridized carbons (Fsp3) is 1.00. The molecule has 0 aliphatic heterocycles. The average molecular weight is 237 g/mol. The maximum atomic E-state index is 11.3. The topological polar surface area (TPSA) is 84.2 Å². The molecule has 0 radical (unpaired) electrons. The molecule has 0 aromatic carbocycles. The molecule has 0 rings (SSSR count). The van der Waals surface area contributed by atoms with Crippen LogP contribution in [0.4, 0.5) is 0 Å². The predicted octanol–water partition coefficient (Wildman–Crippen LogP) is 0.195. The first-order valence-corrected chi connectivity index (χ1v) is 6.90. The molecule has 0 amide bonds. The highest BCUT2D eigenvalue weighted by atomic mass is 32.2. The Labute approximate surface area is 93.0 Å². The summed E-state index contributed by atoms with van der Waals surface area (Å²) in [6.07, 6.45) is 2.74. The van der Waals surface area contributed by atoms with Gasteiger partial charge in [-0.25, -0.2) is 9.44 Å². The van der Waals surface area contributed by atoms with Crippen LogP contribution in [0.25, 0.3) is 0 Å². The van der Waals surface area contributed by atoms with Crippen LogP contribution in [0.5, 0.6) is 0 Å². The van der Waals surface area contributed by atoms with Crippen LogP contribution in [0, 0.1) is 5.92 Å². The lowest BCUT2D eigenvalue weighted by Crippen LogP contribution is -2.38. The van der Waals surface area contributed by atoms with Crippen molar-refractivity contribution in [3.63, 3.8) is 0 Å². The zero-order valence-corrected chi connectivity index (χ0v) is 10.4. The first-order valence-electron chi connectivity index (χ1n) is 5.42. The van der Waals surface area contributed by atoms with E-state index >= 15 is 0 Å². The largest absolute Gasteiger partial charge is 0.330 e. The van der Waals surface area contributed by atoms with Crippen LogP contribution in [0.15, 0.2) is 0 Å². The van der Waals surface area contributed by atoms with Crippen LogP contribution in [0.2, 0.25) is 0 Å². The highest BCUT2D eigenvalue weighted by molar-refractivity contribution is 7.87. The van der Waals surface area contributed by atoms with Crippen molar-refractivity contribution in [3.05, 3.63) is 0 Å². The molecule has 0 aromatic rings. The number of rotatable bonds is 9. The van der Waals surface area contributed by atoms with E-state index in [2.05, 4.69) is 9.44 Å². The molecule has 0 bridgehead atoms. The highest BCUT2D eigenvalue weighted by Crippen LogP contribution is 1.93. The van der Waals surface area contributed by atoms with Crippen LogP contribution in [0.1, 0.15) is 33.1 Å². The van der Waals surface area contributed by atoms with Gasteiger partial charge in [-0.2, -0.15) is 8.42 Å². The Hall–Kier alpha value is -0.170. The monoisotopic (exact) mass is 237 g/mol. The van der Waals surface area contributed by atoms with Gasteiger partial charge in [0.15, 0.2) is 0 Å². The van der Waals surface area contributed by atoms with Gasteiger partial charge < -0.3 is 5.73 Å². The van der Waals surface area contributed by atoms with Gasteiger partial charge in [0.2, 0.25) is 0 Å². The molecule has 0 saturated carbocycles. The second-order valence-corrected chi connectivity index (χ2v) is 5.57. The first kappa shape index (κ1) is 14.8. The maximum Gasteiger partial charge on any atom is 0.276 e. The summed E-state index contributed by atoms with van der Waals surface area (Å²) in [7, 11) is -3.30. The lowest BCUT2D eigenvalue weighted by molar-refractivity contribution is 0.543. The van der Waals surface area contributed by atoms with E-state index in [1.165, 1.54) is 0 Å². The average Bonchev–Trinajstić information content (AvgIpc) is 2.15. The van der Waals surface area contributed by atoms with Crippen LogP contribution in [0.3, 0.4) is 0 Å². The van der Waals surface area contributed by atoms with Crippen molar-refractivity contribution in [1.82, 2.24) is 9.44 Å². The van der Waals surface area contributed by atoms with Crippen LogP contribution in [-0.2, 0) is 10.2 Å². The SMILES string of the molecule is CC(C)CNS(=O)(=O)NCCCCCN. The van der Waals surface area contributed by atoms with Crippen LogP contribution >= 0.6 is 0 Å². The molecule has 4 N–H and O–H groups in total. The van der Waals surface area contributed by atoms with Crippen molar-refractivity contribution >= 4 is 10.2 Å². The zero-order valence-electron chi connectivity index (χ0n) is 9.62. The minimum Gasteiger partial charge on any atom is -0.330 e. The summed E-state index contributed by atoms with van der Waals surface area (Å²) in [4.78, 5) is 0. The molecule has 0 fully saturated rings. The molecule has 0 heterocycles. The van der Waals surface area contributed by atoms with Gasteiger partial charge in [0.1, 0.15) is 0 Å². The molecule has 0 aromatic heterocycles. The van der Waals surface area contributed by atoms with Gasteiger partial charge in [-0.15, -0.1) is 0 Å². The van der Waals surface area contributed by atoms with E-state index < -0.39 is 10.2 Å². The lowest BCUT2D eigenvalue weighted by Gasteiger charge is -2.09. The summed E-state index contributed by atoms with van der Waals surface area (Å²) in [6.45, 7) is 5.54. The Bertz CT molecular complexity index is 240. The zero-order chi connectivity index (χ0) is 11.7. The number of hydrogen-bond acceptors (Lipinski definition) is 3. The van der Waals surface area contributed by atoms with Crippen LogP contribution < -0.4 is 15.2 Å². The molecule has 6 heteroatoms.